The Kier molecular flexibility index (Phi) is 7.05. The van der Waals surface area contributed by atoms with Crippen molar-refractivity contribution in [1.29, 1.82) is 0 Å². The van der Waals surface area contributed by atoms with Crippen LogP contribution in [-0.2, 0) is 4.79 Å². The van der Waals surface area contributed by atoms with Gasteiger partial charge in [-0.2, -0.15) is 9.78 Å². The third kappa shape index (κ3) is 5.22. The second-order valence-corrected chi connectivity index (χ2v) is 11.4. The molecule has 4 aromatic heterocycles. The van der Waals surface area contributed by atoms with E-state index in [1.165, 1.54) is 23.3 Å². The number of rotatable bonds is 8. The molecule has 1 saturated carbocycles. The van der Waals surface area contributed by atoms with E-state index in [0.717, 1.165) is 48.2 Å². The first-order chi connectivity index (χ1) is 21.0. The topological polar surface area (TPSA) is 119 Å². The van der Waals surface area contributed by atoms with Gasteiger partial charge < -0.3 is 4.90 Å². The molecule has 13 heteroatoms. The van der Waals surface area contributed by atoms with Gasteiger partial charge in [0.2, 0.25) is 12.1 Å². The molecular weight excluding hydrogens is 573 g/mol. The second kappa shape index (κ2) is 11.2. The summed E-state index contributed by atoms with van der Waals surface area (Å²) in [5, 5.41) is 27.2. The van der Waals surface area contributed by atoms with Gasteiger partial charge in [-0.05, 0) is 77.9 Å². The quantitative estimate of drug-likeness (QED) is 0.210. The third-order valence-electron chi connectivity index (χ3n) is 8.38. The van der Waals surface area contributed by atoms with Gasteiger partial charge in [0.1, 0.15) is 12.4 Å². The van der Waals surface area contributed by atoms with Gasteiger partial charge in [-0.15, -0.1) is 5.10 Å². The van der Waals surface area contributed by atoms with E-state index in [0.29, 0.717) is 23.4 Å². The summed E-state index contributed by atoms with van der Waals surface area (Å²) in [5.41, 5.74) is 3.30. The van der Waals surface area contributed by atoms with E-state index in [9.17, 15) is 10.0 Å². The van der Waals surface area contributed by atoms with Crippen LogP contribution in [0.3, 0.4) is 0 Å². The number of tetrazole rings is 1. The van der Waals surface area contributed by atoms with Crippen molar-refractivity contribution >= 4 is 17.5 Å². The highest BCUT2D eigenvalue weighted by Crippen LogP contribution is 2.47. The summed E-state index contributed by atoms with van der Waals surface area (Å²) in [7, 11) is 0. The Labute approximate surface area is 251 Å². The fraction of sp³-hybridized carbons (Fsp3) is 0.300. The number of hydrogen-bond acceptors (Lipinski definition) is 7. The zero-order valence-electron chi connectivity index (χ0n) is 23.0. The largest absolute Gasteiger partial charge is 0.342 e. The number of benzene rings is 1. The molecule has 1 aliphatic carbocycles. The molecule has 1 unspecified atom stereocenters. The van der Waals surface area contributed by atoms with Gasteiger partial charge in [0.15, 0.2) is 5.82 Å². The summed E-state index contributed by atoms with van der Waals surface area (Å²) in [6.07, 6.45) is 13.5. The number of halogens is 2. The number of amides is 1. The van der Waals surface area contributed by atoms with Crippen molar-refractivity contribution in [3.63, 3.8) is 0 Å². The summed E-state index contributed by atoms with van der Waals surface area (Å²) >= 11 is 6.15. The van der Waals surface area contributed by atoms with Crippen molar-refractivity contribution in [3.05, 3.63) is 90.2 Å². The Balaban J connectivity index is 1.24. The molecule has 1 amide bonds. The summed E-state index contributed by atoms with van der Waals surface area (Å²) in [6.45, 7) is 1.65. The first kappa shape index (κ1) is 27.1. The maximum absolute atomic E-state index is 15.4. The van der Waals surface area contributed by atoms with Crippen LogP contribution in [0.5, 0.6) is 0 Å². The first-order valence-electron chi connectivity index (χ1n) is 14.2. The van der Waals surface area contributed by atoms with E-state index < -0.39 is 5.82 Å². The molecule has 5 aromatic rings. The highest BCUT2D eigenvalue weighted by atomic mass is 35.5. The van der Waals surface area contributed by atoms with Crippen molar-refractivity contribution in [2.24, 2.45) is 11.8 Å². The average molecular weight is 601 g/mol. The summed E-state index contributed by atoms with van der Waals surface area (Å²) in [4.78, 5) is 19.2. The number of carbonyl (C=O) groups is 1. The maximum atomic E-state index is 15.4. The number of hydrogen-bond donors (Lipinski definition) is 1. The Morgan fingerprint density at radius 1 is 1.09 bits per heavy atom. The molecule has 11 nitrogen and oxygen atoms in total. The van der Waals surface area contributed by atoms with E-state index in [-0.39, 0.29) is 34.4 Å². The van der Waals surface area contributed by atoms with Gasteiger partial charge in [-0.25, -0.2) is 4.39 Å². The maximum Gasteiger partial charge on any atom is 0.258 e. The lowest BCUT2D eigenvalue weighted by molar-refractivity contribution is -0.910. The van der Waals surface area contributed by atoms with Crippen molar-refractivity contribution in [2.45, 2.75) is 31.7 Å². The Hall–Kier alpha value is -4.71. The summed E-state index contributed by atoms with van der Waals surface area (Å²) in [5.74, 6) is -0.308. The Bertz CT molecular complexity index is 1770. The summed E-state index contributed by atoms with van der Waals surface area (Å²) in [6, 6.07) is 9.95. The standard InChI is InChI=1S/C30H28ClFN9O2/c31-24-4-6-26(40-18-34-36-37-40)28(29(24)32)20-3-5-25(41(43)17-20)27(14-21-13-23(21)30(42)38-11-1-2-12-38)39-16-22(15-35-39)19-7-9-33-10-8-19/h3-10,15-18,21,23,27,43H,1-2,11-14H2/q+1/t21-,23+,27?/m0/s1. The smallest absolute Gasteiger partial charge is 0.258 e. The van der Waals surface area contributed by atoms with Crippen LogP contribution < -0.4 is 4.73 Å². The Morgan fingerprint density at radius 3 is 2.65 bits per heavy atom. The van der Waals surface area contributed by atoms with Crippen LogP contribution in [0.25, 0.3) is 27.9 Å². The monoisotopic (exact) mass is 600 g/mol. The van der Waals surface area contributed by atoms with E-state index in [4.69, 9.17) is 11.6 Å². The fourth-order valence-corrected chi connectivity index (χ4v) is 6.18. The zero-order chi connectivity index (χ0) is 29.5. The minimum atomic E-state index is -0.658. The highest BCUT2D eigenvalue weighted by Gasteiger charge is 2.47. The molecular formula is C30H28ClFN9O2+. The molecule has 7 rings (SSSR count). The van der Waals surface area contributed by atoms with Gasteiger partial charge in [0, 0.05) is 54.0 Å². The van der Waals surface area contributed by atoms with Crippen LogP contribution in [-0.4, -0.2) is 64.1 Å². The summed E-state index contributed by atoms with van der Waals surface area (Å²) < 4.78 is 19.6. The molecule has 5 heterocycles. The normalized spacial score (nSPS) is 18.6. The predicted octanol–water partition coefficient (Wildman–Crippen LogP) is 4.14. The number of nitrogens with zero attached hydrogens (tertiary/aromatic N) is 9. The van der Waals surface area contributed by atoms with E-state index in [1.54, 1.807) is 36.8 Å². The molecule has 218 valence electrons. The molecule has 1 aromatic carbocycles. The number of pyridine rings is 2. The van der Waals surface area contributed by atoms with E-state index in [2.05, 4.69) is 25.6 Å². The van der Waals surface area contributed by atoms with Crippen molar-refractivity contribution in [3.8, 4) is 27.9 Å². The molecule has 1 aliphatic heterocycles. The van der Waals surface area contributed by atoms with Crippen LogP contribution in [0.4, 0.5) is 4.39 Å². The first-order valence-corrected chi connectivity index (χ1v) is 14.6. The third-order valence-corrected chi connectivity index (χ3v) is 8.67. The minimum Gasteiger partial charge on any atom is -0.342 e. The van der Waals surface area contributed by atoms with Gasteiger partial charge in [-0.1, -0.05) is 11.6 Å². The van der Waals surface area contributed by atoms with Crippen molar-refractivity contribution < 1.29 is 19.1 Å². The molecule has 0 spiro atoms. The molecule has 43 heavy (non-hydrogen) atoms. The zero-order valence-corrected chi connectivity index (χ0v) is 23.8. The molecule has 2 fully saturated rings. The van der Waals surface area contributed by atoms with Crippen LogP contribution in [0.2, 0.25) is 5.02 Å². The molecule has 3 atom stereocenters. The van der Waals surface area contributed by atoms with Crippen molar-refractivity contribution in [1.82, 2.24) is 39.9 Å². The molecule has 1 N–H and O–H groups in total. The average Bonchev–Trinajstić information content (AvgIpc) is 3.51. The van der Waals surface area contributed by atoms with Crippen LogP contribution >= 0.6 is 11.6 Å². The van der Waals surface area contributed by atoms with Crippen LogP contribution in [0.1, 0.15) is 37.4 Å². The van der Waals surface area contributed by atoms with Crippen LogP contribution in [0.15, 0.2) is 73.7 Å². The lowest BCUT2D eigenvalue weighted by Gasteiger charge is -2.17. The predicted molar refractivity (Wildman–Crippen MR) is 153 cm³/mol. The number of aromatic nitrogens is 8. The van der Waals surface area contributed by atoms with E-state index in [1.807, 2.05) is 27.9 Å². The minimum absolute atomic E-state index is 0.0262. The molecule has 0 bridgehead atoms. The fourth-order valence-electron chi connectivity index (χ4n) is 6.03. The SMILES string of the molecule is O=C([C@@H]1C[C@H]1CC(c1ccc(-c2c(-n3cnnn3)ccc(Cl)c2F)c[n+]1O)n1cc(-c2ccncc2)cn1)N1CCCC1. The second-order valence-electron chi connectivity index (χ2n) is 11.0. The van der Waals surface area contributed by atoms with Gasteiger partial charge in [0.05, 0.1) is 28.0 Å². The van der Waals surface area contributed by atoms with Gasteiger partial charge in [-0.3, -0.25) is 19.7 Å². The van der Waals surface area contributed by atoms with Crippen molar-refractivity contribution in [2.75, 3.05) is 13.1 Å². The number of likely N-dealkylation sites (tertiary alicyclic amines) is 1. The lowest BCUT2D eigenvalue weighted by Crippen LogP contribution is -2.38. The van der Waals surface area contributed by atoms with Gasteiger partial charge in [0.25, 0.3) is 5.69 Å². The lowest BCUT2D eigenvalue weighted by atomic mass is 10.0. The molecule has 1 saturated heterocycles. The highest BCUT2D eigenvalue weighted by molar-refractivity contribution is 6.31. The van der Waals surface area contributed by atoms with Crippen LogP contribution in [0, 0.1) is 17.7 Å². The number of carbonyl (C=O) groups excluding carboxylic acids is 1. The molecule has 2 aliphatic rings. The Morgan fingerprint density at radius 2 is 1.91 bits per heavy atom. The van der Waals surface area contributed by atoms with Gasteiger partial charge >= 0.3 is 0 Å². The molecule has 0 radical (unpaired) electrons. The van der Waals surface area contributed by atoms with E-state index >= 15 is 4.39 Å².